The van der Waals surface area contributed by atoms with E-state index in [0.717, 1.165) is 15.5 Å². The molecule has 1 aromatic heterocycles. The Kier molecular flexibility index (Phi) is 2.26. The molecule has 0 aliphatic carbocycles. The lowest BCUT2D eigenvalue weighted by molar-refractivity contribution is 0.798. The molecule has 0 bridgehead atoms. The van der Waals surface area contributed by atoms with Crippen molar-refractivity contribution in [3.8, 4) is 0 Å². The lowest BCUT2D eigenvalue weighted by Crippen LogP contribution is -2.39. The fourth-order valence-electron chi connectivity index (χ4n) is 1.55. The Morgan fingerprint density at radius 3 is 2.13 bits per heavy atom. The van der Waals surface area contributed by atoms with E-state index in [1.165, 1.54) is 9.13 Å². The number of rotatable bonds is 0. The van der Waals surface area contributed by atoms with Crippen LogP contribution in [-0.2, 0) is 14.1 Å². The van der Waals surface area contributed by atoms with Gasteiger partial charge in [0.05, 0.1) is 11.0 Å². The molecule has 0 unspecified atom stereocenters. The van der Waals surface area contributed by atoms with Crippen LogP contribution in [0.2, 0.25) is 0 Å². The minimum absolute atomic E-state index is 0.507. The summed E-state index contributed by atoms with van der Waals surface area (Å²) in [5.74, 6) is 0. The number of fused-ring (bicyclic) bond motifs is 1. The molecule has 4 nitrogen and oxygen atoms in total. The van der Waals surface area contributed by atoms with E-state index in [0.29, 0.717) is 0 Å². The number of halogens is 1. The summed E-state index contributed by atoms with van der Waals surface area (Å²) in [5.41, 5.74) is 0.456. The van der Waals surface area contributed by atoms with E-state index in [2.05, 4.69) is 15.9 Å². The van der Waals surface area contributed by atoms with Gasteiger partial charge in [-0.25, -0.2) is 0 Å². The van der Waals surface area contributed by atoms with Crippen LogP contribution >= 0.6 is 15.9 Å². The number of nitrogens with zero attached hydrogens (tertiary/aromatic N) is 2. The zero-order chi connectivity index (χ0) is 11.2. The summed E-state index contributed by atoms with van der Waals surface area (Å²) < 4.78 is 3.61. The highest BCUT2D eigenvalue weighted by Crippen LogP contribution is 2.16. The fraction of sp³-hybridized carbons (Fsp3) is 0.200. The normalized spacial score (nSPS) is 10.9. The lowest BCUT2D eigenvalue weighted by Gasteiger charge is -2.08. The summed E-state index contributed by atoms with van der Waals surface area (Å²) in [6, 6.07) is 5.46. The van der Waals surface area contributed by atoms with Crippen LogP contribution < -0.4 is 11.1 Å². The molecule has 0 saturated carbocycles. The molecule has 0 radical (unpaired) electrons. The first-order chi connectivity index (χ1) is 7.02. The average molecular weight is 269 g/mol. The molecule has 15 heavy (non-hydrogen) atoms. The van der Waals surface area contributed by atoms with Gasteiger partial charge in [-0.1, -0.05) is 15.9 Å². The standard InChI is InChI=1S/C10H9BrN2O2/c1-12-7-4-3-6(11)5-8(7)13(2)10(15)9(12)14/h3-5H,1-2H3. The Morgan fingerprint density at radius 1 is 1.00 bits per heavy atom. The quantitative estimate of drug-likeness (QED) is 0.670. The highest BCUT2D eigenvalue weighted by molar-refractivity contribution is 9.10. The maximum absolute atomic E-state index is 11.5. The third-order valence-corrected chi connectivity index (χ3v) is 2.95. The molecule has 0 saturated heterocycles. The molecule has 0 fully saturated rings. The van der Waals surface area contributed by atoms with Crippen LogP contribution in [0, 0.1) is 0 Å². The van der Waals surface area contributed by atoms with Gasteiger partial charge in [0.15, 0.2) is 0 Å². The minimum atomic E-state index is -0.511. The van der Waals surface area contributed by atoms with Crippen LogP contribution in [0.1, 0.15) is 0 Å². The first-order valence-electron chi connectivity index (χ1n) is 4.37. The number of hydrogen-bond donors (Lipinski definition) is 0. The van der Waals surface area contributed by atoms with Crippen LogP contribution in [0.5, 0.6) is 0 Å². The van der Waals surface area contributed by atoms with E-state index in [9.17, 15) is 9.59 Å². The number of aryl methyl sites for hydroxylation is 2. The van der Waals surface area contributed by atoms with Crippen molar-refractivity contribution in [2.45, 2.75) is 0 Å². The summed E-state index contributed by atoms with van der Waals surface area (Å²) in [4.78, 5) is 23.0. The van der Waals surface area contributed by atoms with Crippen molar-refractivity contribution in [1.29, 1.82) is 0 Å². The topological polar surface area (TPSA) is 44.0 Å². The summed E-state index contributed by atoms with van der Waals surface area (Å²) in [6.45, 7) is 0. The van der Waals surface area contributed by atoms with Crippen molar-refractivity contribution in [2.75, 3.05) is 0 Å². The zero-order valence-corrected chi connectivity index (χ0v) is 9.91. The van der Waals surface area contributed by atoms with E-state index in [4.69, 9.17) is 0 Å². The third kappa shape index (κ3) is 1.43. The van der Waals surface area contributed by atoms with Crippen LogP contribution in [0.3, 0.4) is 0 Å². The molecular formula is C10H9BrN2O2. The van der Waals surface area contributed by atoms with Crippen molar-refractivity contribution < 1.29 is 0 Å². The van der Waals surface area contributed by atoms with Gasteiger partial charge in [-0.15, -0.1) is 0 Å². The van der Waals surface area contributed by atoms with Crippen LogP contribution in [0.25, 0.3) is 11.0 Å². The molecule has 2 rings (SSSR count). The maximum atomic E-state index is 11.5. The van der Waals surface area contributed by atoms with Crippen LogP contribution in [0.4, 0.5) is 0 Å². The van der Waals surface area contributed by atoms with Crippen molar-refractivity contribution in [2.24, 2.45) is 14.1 Å². The Balaban J connectivity index is 3.15. The Hall–Kier alpha value is -1.36. The molecule has 0 spiro atoms. The lowest BCUT2D eigenvalue weighted by atomic mass is 10.3. The molecule has 5 heteroatoms. The van der Waals surface area contributed by atoms with E-state index in [1.54, 1.807) is 20.2 Å². The van der Waals surface area contributed by atoms with Gasteiger partial charge in [0.25, 0.3) is 0 Å². The van der Waals surface area contributed by atoms with Gasteiger partial charge in [-0.2, -0.15) is 0 Å². The molecule has 0 N–H and O–H groups in total. The smallest absolute Gasteiger partial charge is 0.305 e. The van der Waals surface area contributed by atoms with Crippen molar-refractivity contribution in [1.82, 2.24) is 9.13 Å². The fourth-order valence-corrected chi connectivity index (χ4v) is 1.90. The van der Waals surface area contributed by atoms with Gasteiger partial charge >= 0.3 is 11.1 Å². The first kappa shape index (κ1) is 10.2. The van der Waals surface area contributed by atoms with Crippen LogP contribution in [-0.4, -0.2) is 9.13 Å². The average Bonchev–Trinajstić information content (AvgIpc) is 2.23. The van der Waals surface area contributed by atoms with Gasteiger partial charge < -0.3 is 9.13 Å². The second kappa shape index (κ2) is 3.34. The maximum Gasteiger partial charge on any atom is 0.316 e. The molecule has 1 heterocycles. The molecule has 0 amide bonds. The Morgan fingerprint density at radius 2 is 1.53 bits per heavy atom. The molecule has 0 aliphatic heterocycles. The molecule has 78 valence electrons. The van der Waals surface area contributed by atoms with Gasteiger partial charge in [0.1, 0.15) is 0 Å². The number of aromatic nitrogens is 2. The largest absolute Gasteiger partial charge is 0.316 e. The van der Waals surface area contributed by atoms with Crippen molar-refractivity contribution in [3.63, 3.8) is 0 Å². The van der Waals surface area contributed by atoms with Gasteiger partial charge in [0, 0.05) is 18.6 Å². The highest BCUT2D eigenvalue weighted by atomic mass is 79.9. The second-order valence-corrected chi connectivity index (χ2v) is 4.28. The summed E-state index contributed by atoms with van der Waals surface area (Å²) in [7, 11) is 3.19. The molecule has 1 aromatic carbocycles. The molecule has 2 aromatic rings. The number of benzene rings is 1. The summed E-state index contributed by atoms with van der Waals surface area (Å²) in [5, 5.41) is 0. The van der Waals surface area contributed by atoms with Crippen LogP contribution in [0.15, 0.2) is 32.3 Å². The number of hydrogen-bond acceptors (Lipinski definition) is 2. The monoisotopic (exact) mass is 268 g/mol. The Bertz CT molecular complexity index is 655. The first-order valence-corrected chi connectivity index (χ1v) is 5.17. The second-order valence-electron chi connectivity index (χ2n) is 3.36. The summed E-state index contributed by atoms with van der Waals surface area (Å²) in [6.07, 6.45) is 0. The van der Waals surface area contributed by atoms with Crippen molar-refractivity contribution >= 4 is 27.0 Å². The minimum Gasteiger partial charge on any atom is -0.305 e. The zero-order valence-electron chi connectivity index (χ0n) is 8.32. The molecule has 0 atom stereocenters. The third-order valence-electron chi connectivity index (χ3n) is 2.45. The van der Waals surface area contributed by atoms with Gasteiger partial charge in [0.2, 0.25) is 0 Å². The van der Waals surface area contributed by atoms with Crippen molar-refractivity contribution in [3.05, 3.63) is 43.4 Å². The van der Waals surface area contributed by atoms with E-state index in [-0.39, 0.29) is 0 Å². The van der Waals surface area contributed by atoms with Gasteiger partial charge in [-0.3, -0.25) is 9.59 Å². The highest BCUT2D eigenvalue weighted by Gasteiger charge is 2.07. The van der Waals surface area contributed by atoms with E-state index in [1.807, 2.05) is 12.1 Å². The predicted molar refractivity (Wildman–Crippen MR) is 62.1 cm³/mol. The SMILES string of the molecule is Cn1c(=O)c(=O)n(C)c2cc(Br)ccc21. The van der Waals surface area contributed by atoms with E-state index < -0.39 is 11.1 Å². The molecular weight excluding hydrogens is 260 g/mol. The predicted octanol–water partition coefficient (Wildman–Crippen LogP) is 1.000. The molecule has 0 aliphatic rings. The van der Waals surface area contributed by atoms with Gasteiger partial charge in [-0.05, 0) is 18.2 Å². The Labute approximate surface area is 93.9 Å². The van der Waals surface area contributed by atoms with E-state index >= 15 is 0 Å². The summed E-state index contributed by atoms with van der Waals surface area (Å²) >= 11 is 3.33.